The third kappa shape index (κ3) is 69.0. The fraction of sp³-hybridized carbons (Fsp3) is 0.753. The Labute approximate surface area is 515 Å². The van der Waals surface area contributed by atoms with Crippen molar-refractivity contribution in [3.63, 3.8) is 0 Å². The summed E-state index contributed by atoms with van der Waals surface area (Å²) < 4.78 is 17.0. The molecule has 0 N–H and O–H groups in total. The van der Waals surface area contributed by atoms with Crippen molar-refractivity contribution in [2.45, 2.75) is 361 Å². The highest BCUT2D eigenvalue weighted by molar-refractivity contribution is 5.71. The molecule has 6 nitrogen and oxygen atoms in total. The Kier molecular flexibility index (Phi) is 67.7. The van der Waals surface area contributed by atoms with E-state index in [2.05, 4.69) is 118 Å². The van der Waals surface area contributed by atoms with Crippen LogP contribution < -0.4 is 0 Å². The fourth-order valence-corrected chi connectivity index (χ4v) is 10.3. The molecule has 1 atom stereocenters. The van der Waals surface area contributed by atoms with Gasteiger partial charge in [-0.1, -0.05) is 336 Å². The van der Waals surface area contributed by atoms with Gasteiger partial charge < -0.3 is 14.2 Å². The minimum absolute atomic E-state index is 0.0733. The Morgan fingerprint density at radius 1 is 0.253 bits per heavy atom. The summed E-state index contributed by atoms with van der Waals surface area (Å²) in [6.45, 7) is 6.46. The van der Waals surface area contributed by atoms with Crippen LogP contribution in [0.15, 0.2) is 97.2 Å². The first-order valence-electron chi connectivity index (χ1n) is 35.7. The van der Waals surface area contributed by atoms with Crippen LogP contribution in [0.25, 0.3) is 0 Å². The number of carbonyl (C=O) groups is 3. The summed E-state index contributed by atoms with van der Waals surface area (Å²) in [4.78, 5) is 38.5. The minimum Gasteiger partial charge on any atom is -0.462 e. The van der Waals surface area contributed by atoms with Crippen LogP contribution >= 0.6 is 0 Å². The highest BCUT2D eigenvalue weighted by atomic mass is 16.6. The molecule has 1 unspecified atom stereocenters. The van der Waals surface area contributed by atoms with E-state index in [1.807, 2.05) is 0 Å². The molecule has 0 amide bonds. The van der Waals surface area contributed by atoms with Crippen molar-refractivity contribution in [1.29, 1.82) is 0 Å². The van der Waals surface area contributed by atoms with Gasteiger partial charge >= 0.3 is 17.9 Å². The first-order chi connectivity index (χ1) is 41.0. The first kappa shape index (κ1) is 79.3. The summed E-state index contributed by atoms with van der Waals surface area (Å²) in [5.74, 6) is -0.857. The normalized spacial score (nSPS) is 12.7. The van der Waals surface area contributed by atoms with E-state index >= 15 is 0 Å². The minimum atomic E-state index is -0.778. The molecule has 83 heavy (non-hydrogen) atoms. The molecule has 0 saturated heterocycles. The highest BCUT2D eigenvalue weighted by Crippen LogP contribution is 2.18. The van der Waals surface area contributed by atoms with Crippen molar-refractivity contribution in [2.75, 3.05) is 13.2 Å². The van der Waals surface area contributed by atoms with E-state index in [9.17, 15) is 14.4 Å². The van der Waals surface area contributed by atoms with Crippen molar-refractivity contribution >= 4 is 17.9 Å². The maximum Gasteiger partial charge on any atom is 0.306 e. The average molecular weight is 1160 g/mol. The van der Waals surface area contributed by atoms with Gasteiger partial charge in [-0.05, 0) is 96.3 Å². The second-order valence-electron chi connectivity index (χ2n) is 23.7. The van der Waals surface area contributed by atoms with Gasteiger partial charge in [0.1, 0.15) is 13.2 Å². The first-order valence-corrected chi connectivity index (χ1v) is 35.7. The van der Waals surface area contributed by atoms with Crippen LogP contribution in [0.2, 0.25) is 0 Å². The standard InChI is InChI=1S/C77H134O6/c1-4-7-10-13-16-19-22-25-27-29-31-33-35-37-38-40-41-43-45-47-49-52-55-58-61-64-67-70-76(79)82-73-74(72-81-75(78)69-66-63-60-57-54-51-24-21-18-15-12-9-6-3)83-77(80)71-68-65-62-59-56-53-50-48-46-44-42-39-36-34-32-30-28-26-23-20-17-14-11-8-5-2/h7-8,10-11,16-17,19-20,25-28,31-34,74H,4-6,9,12-15,18,21-24,29-30,35-73H2,1-3H3/b10-7-,11-8-,19-16-,20-17-,27-25-,28-26-,33-31-,34-32-. The molecule has 0 rings (SSSR count). The molecule has 6 heteroatoms. The maximum absolute atomic E-state index is 13.0. The van der Waals surface area contributed by atoms with Crippen molar-refractivity contribution in [1.82, 2.24) is 0 Å². The second kappa shape index (κ2) is 70.8. The van der Waals surface area contributed by atoms with Crippen LogP contribution in [-0.4, -0.2) is 37.2 Å². The van der Waals surface area contributed by atoms with Crippen LogP contribution in [-0.2, 0) is 28.6 Å². The number of ether oxygens (including phenoxy) is 3. The van der Waals surface area contributed by atoms with Gasteiger partial charge in [0.15, 0.2) is 6.10 Å². The van der Waals surface area contributed by atoms with Crippen LogP contribution in [0, 0.1) is 0 Å². The van der Waals surface area contributed by atoms with Gasteiger partial charge in [-0.15, -0.1) is 0 Å². The zero-order chi connectivity index (χ0) is 59.9. The average Bonchev–Trinajstić information content (AvgIpc) is 3.49. The molecule has 0 spiro atoms. The zero-order valence-electron chi connectivity index (χ0n) is 54.9. The smallest absolute Gasteiger partial charge is 0.306 e. The van der Waals surface area contributed by atoms with E-state index < -0.39 is 6.10 Å². The molecule has 0 saturated carbocycles. The lowest BCUT2D eigenvalue weighted by atomic mass is 10.0. The third-order valence-corrected chi connectivity index (χ3v) is 15.6. The summed E-state index contributed by atoms with van der Waals surface area (Å²) in [6.07, 6.45) is 95.8. The van der Waals surface area contributed by atoms with Gasteiger partial charge in [-0.2, -0.15) is 0 Å². The quantitative estimate of drug-likeness (QED) is 0.0261. The Morgan fingerprint density at radius 2 is 0.470 bits per heavy atom. The molecule has 0 aromatic heterocycles. The van der Waals surface area contributed by atoms with E-state index in [0.29, 0.717) is 19.3 Å². The van der Waals surface area contributed by atoms with Crippen molar-refractivity contribution in [3.05, 3.63) is 97.2 Å². The Hall–Kier alpha value is -3.67. The van der Waals surface area contributed by atoms with Crippen molar-refractivity contribution < 1.29 is 28.6 Å². The van der Waals surface area contributed by atoms with Crippen LogP contribution in [0.4, 0.5) is 0 Å². The number of hydrogen-bond acceptors (Lipinski definition) is 6. The summed E-state index contributed by atoms with van der Waals surface area (Å²) in [5.41, 5.74) is 0. The van der Waals surface area contributed by atoms with E-state index in [1.165, 1.54) is 205 Å². The molecule has 0 aliphatic carbocycles. The molecular weight excluding hydrogens is 1020 g/mol. The molecular formula is C77H134O6. The number of esters is 3. The number of unbranched alkanes of at least 4 members (excludes halogenated alkanes) is 38. The van der Waals surface area contributed by atoms with Crippen LogP contribution in [0.5, 0.6) is 0 Å². The zero-order valence-corrected chi connectivity index (χ0v) is 54.9. The predicted octanol–water partition coefficient (Wildman–Crippen LogP) is 24.8. The van der Waals surface area contributed by atoms with Gasteiger partial charge in [0.05, 0.1) is 0 Å². The van der Waals surface area contributed by atoms with Crippen LogP contribution in [0.3, 0.4) is 0 Å². The van der Waals surface area contributed by atoms with Gasteiger partial charge in [0, 0.05) is 19.3 Å². The number of allylic oxidation sites excluding steroid dienone is 16. The van der Waals surface area contributed by atoms with Gasteiger partial charge in [0.2, 0.25) is 0 Å². The topological polar surface area (TPSA) is 78.9 Å². The van der Waals surface area contributed by atoms with Crippen LogP contribution in [0.1, 0.15) is 355 Å². The van der Waals surface area contributed by atoms with E-state index in [-0.39, 0.29) is 31.1 Å². The van der Waals surface area contributed by atoms with Gasteiger partial charge in [-0.3, -0.25) is 14.4 Å². The molecule has 0 heterocycles. The summed E-state index contributed by atoms with van der Waals surface area (Å²) in [5, 5.41) is 0. The monoisotopic (exact) mass is 1160 g/mol. The second-order valence-corrected chi connectivity index (χ2v) is 23.7. The number of carbonyl (C=O) groups excluding carboxylic acids is 3. The van der Waals surface area contributed by atoms with Crippen molar-refractivity contribution in [2.24, 2.45) is 0 Å². The predicted molar refractivity (Wildman–Crippen MR) is 362 cm³/mol. The summed E-state index contributed by atoms with van der Waals surface area (Å²) in [7, 11) is 0. The summed E-state index contributed by atoms with van der Waals surface area (Å²) in [6, 6.07) is 0. The number of rotatable bonds is 65. The molecule has 0 aliphatic rings. The Morgan fingerprint density at radius 3 is 0.735 bits per heavy atom. The van der Waals surface area contributed by atoms with Gasteiger partial charge in [-0.25, -0.2) is 0 Å². The molecule has 0 aliphatic heterocycles. The van der Waals surface area contributed by atoms with E-state index in [1.54, 1.807) is 0 Å². The lowest BCUT2D eigenvalue weighted by Gasteiger charge is -2.18. The Balaban J connectivity index is 4.26. The number of hydrogen-bond donors (Lipinski definition) is 0. The Bertz CT molecular complexity index is 1610. The third-order valence-electron chi connectivity index (χ3n) is 15.6. The molecule has 478 valence electrons. The van der Waals surface area contributed by atoms with E-state index in [0.717, 1.165) is 109 Å². The molecule has 0 fully saturated rings. The molecule has 0 radical (unpaired) electrons. The highest BCUT2D eigenvalue weighted by Gasteiger charge is 2.19. The molecule has 0 aromatic rings. The van der Waals surface area contributed by atoms with Gasteiger partial charge in [0.25, 0.3) is 0 Å². The molecule has 0 aromatic carbocycles. The fourth-order valence-electron chi connectivity index (χ4n) is 10.3. The van der Waals surface area contributed by atoms with E-state index in [4.69, 9.17) is 14.2 Å². The SMILES string of the molecule is CC/C=C\C/C=C\C/C=C\C/C=C\CCCCCCCCCCCCCCCCC(=O)OCC(COC(=O)CCCCCCCCCCCCCCC)OC(=O)CCCCCCCCCCCCCC/C=C\C/C=C\C/C=C\C/C=C\CC. The lowest BCUT2D eigenvalue weighted by molar-refractivity contribution is -0.167. The van der Waals surface area contributed by atoms with Crippen molar-refractivity contribution in [3.8, 4) is 0 Å². The largest absolute Gasteiger partial charge is 0.462 e. The maximum atomic E-state index is 13.0. The molecule has 0 bridgehead atoms. The summed E-state index contributed by atoms with van der Waals surface area (Å²) >= 11 is 0. The lowest BCUT2D eigenvalue weighted by Crippen LogP contribution is -2.30.